The number of nitrogens with one attached hydrogen (secondary N) is 1. The number of rotatable bonds is 8. The normalized spacial score (nSPS) is 18.1. The molecule has 4 nitrogen and oxygen atoms in total. The van der Waals surface area contributed by atoms with E-state index in [2.05, 4.69) is 5.32 Å². The maximum atomic E-state index is 9.78. The Morgan fingerprint density at radius 1 is 1.32 bits per heavy atom. The van der Waals surface area contributed by atoms with E-state index in [0.717, 1.165) is 19.4 Å². The fourth-order valence-electron chi connectivity index (χ4n) is 1.85. The lowest BCUT2D eigenvalue weighted by Crippen LogP contribution is -2.35. The van der Waals surface area contributed by atoms with Gasteiger partial charge in [0, 0.05) is 30.1 Å². The molecule has 1 aliphatic rings. The molecular formula is C14H20ClNO3. The van der Waals surface area contributed by atoms with Crippen molar-refractivity contribution in [1.82, 2.24) is 5.32 Å². The van der Waals surface area contributed by atoms with Gasteiger partial charge >= 0.3 is 0 Å². The molecule has 0 saturated heterocycles. The van der Waals surface area contributed by atoms with Crippen molar-refractivity contribution in [3.8, 4) is 5.75 Å². The zero-order valence-electron chi connectivity index (χ0n) is 10.8. The van der Waals surface area contributed by atoms with Crippen molar-refractivity contribution in [2.24, 2.45) is 5.41 Å². The summed E-state index contributed by atoms with van der Waals surface area (Å²) in [4.78, 5) is 0. The third-order valence-electron chi connectivity index (χ3n) is 3.43. The molecule has 0 radical (unpaired) electrons. The molecule has 0 bridgehead atoms. The van der Waals surface area contributed by atoms with Crippen LogP contribution in [0.4, 0.5) is 0 Å². The zero-order chi connectivity index (χ0) is 13.7. The molecule has 2 rings (SSSR count). The number of aliphatic hydroxyl groups is 2. The summed E-state index contributed by atoms with van der Waals surface area (Å²) in [6.45, 7) is 1.68. The van der Waals surface area contributed by atoms with Crippen LogP contribution in [0.2, 0.25) is 5.02 Å². The molecule has 3 N–H and O–H groups in total. The Balaban J connectivity index is 1.61. The fourth-order valence-corrected chi connectivity index (χ4v) is 1.98. The van der Waals surface area contributed by atoms with Gasteiger partial charge in [0.15, 0.2) is 0 Å². The molecule has 5 heteroatoms. The lowest BCUT2D eigenvalue weighted by molar-refractivity contribution is 0.103. The van der Waals surface area contributed by atoms with E-state index in [1.165, 1.54) is 0 Å². The van der Waals surface area contributed by atoms with E-state index in [0.29, 0.717) is 17.3 Å². The first-order valence-electron chi connectivity index (χ1n) is 6.52. The van der Waals surface area contributed by atoms with Gasteiger partial charge in [-0.3, -0.25) is 0 Å². The molecule has 0 heterocycles. The second-order valence-electron chi connectivity index (χ2n) is 5.21. The summed E-state index contributed by atoms with van der Waals surface area (Å²) in [5, 5.41) is 22.8. The lowest BCUT2D eigenvalue weighted by Gasteiger charge is -2.16. The van der Waals surface area contributed by atoms with Crippen LogP contribution in [0.15, 0.2) is 24.3 Å². The predicted molar refractivity (Wildman–Crippen MR) is 74.6 cm³/mol. The van der Waals surface area contributed by atoms with Crippen LogP contribution in [0.25, 0.3) is 0 Å². The zero-order valence-corrected chi connectivity index (χ0v) is 11.6. The van der Waals surface area contributed by atoms with Crippen LogP contribution in [-0.2, 0) is 0 Å². The Labute approximate surface area is 118 Å². The molecule has 106 valence electrons. The van der Waals surface area contributed by atoms with Gasteiger partial charge in [0.2, 0.25) is 0 Å². The minimum Gasteiger partial charge on any atom is -0.491 e. The van der Waals surface area contributed by atoms with Crippen molar-refractivity contribution in [2.45, 2.75) is 18.9 Å². The van der Waals surface area contributed by atoms with Crippen LogP contribution < -0.4 is 10.1 Å². The maximum absolute atomic E-state index is 9.78. The Hall–Kier alpha value is -0.810. The van der Waals surface area contributed by atoms with Crippen LogP contribution in [-0.4, -0.2) is 42.6 Å². The largest absolute Gasteiger partial charge is 0.491 e. The molecule has 1 aliphatic carbocycles. The van der Waals surface area contributed by atoms with Crippen molar-refractivity contribution in [3.63, 3.8) is 0 Å². The molecular weight excluding hydrogens is 266 g/mol. The van der Waals surface area contributed by atoms with E-state index in [1.807, 2.05) is 0 Å². The molecule has 1 unspecified atom stereocenters. The quantitative estimate of drug-likeness (QED) is 0.676. The minimum atomic E-state index is -0.565. The molecule has 19 heavy (non-hydrogen) atoms. The molecule has 1 aromatic rings. The van der Waals surface area contributed by atoms with Gasteiger partial charge in [0.1, 0.15) is 18.5 Å². The van der Waals surface area contributed by atoms with Gasteiger partial charge in [-0.15, -0.1) is 0 Å². The molecule has 1 atom stereocenters. The van der Waals surface area contributed by atoms with Crippen molar-refractivity contribution in [2.75, 3.05) is 26.3 Å². The van der Waals surface area contributed by atoms with Crippen LogP contribution in [0.5, 0.6) is 5.75 Å². The van der Waals surface area contributed by atoms with Gasteiger partial charge in [-0.05, 0) is 37.1 Å². The van der Waals surface area contributed by atoms with Crippen LogP contribution in [0.3, 0.4) is 0 Å². The minimum absolute atomic E-state index is 0.0662. The summed E-state index contributed by atoms with van der Waals surface area (Å²) in [6, 6.07) is 7.04. The van der Waals surface area contributed by atoms with Crippen molar-refractivity contribution < 1.29 is 14.9 Å². The van der Waals surface area contributed by atoms with Crippen LogP contribution in [0, 0.1) is 5.41 Å². The Morgan fingerprint density at radius 3 is 2.58 bits per heavy atom. The fraction of sp³-hybridized carbons (Fsp3) is 0.571. The first-order chi connectivity index (χ1) is 9.13. The predicted octanol–water partition coefficient (Wildman–Crippen LogP) is 1.44. The van der Waals surface area contributed by atoms with E-state index < -0.39 is 6.10 Å². The number of benzene rings is 1. The third kappa shape index (κ3) is 4.66. The number of hydrogen-bond donors (Lipinski definition) is 3. The highest BCUT2D eigenvalue weighted by Gasteiger charge is 2.41. The third-order valence-corrected chi connectivity index (χ3v) is 3.68. The standard InChI is InChI=1S/C14H20ClNO3/c15-11-1-3-13(4-2-11)19-8-12(18)7-16-9-14(10-17)5-6-14/h1-4,12,16-18H,5-10H2. The highest BCUT2D eigenvalue weighted by molar-refractivity contribution is 6.30. The van der Waals surface area contributed by atoms with E-state index in [1.54, 1.807) is 24.3 Å². The molecule has 0 amide bonds. The SMILES string of the molecule is OCC1(CNCC(O)COc2ccc(Cl)cc2)CC1. The highest BCUT2D eigenvalue weighted by Crippen LogP contribution is 2.44. The smallest absolute Gasteiger partial charge is 0.119 e. The summed E-state index contributed by atoms with van der Waals surface area (Å²) >= 11 is 5.77. The Morgan fingerprint density at radius 2 is 2.00 bits per heavy atom. The molecule has 0 aliphatic heterocycles. The maximum Gasteiger partial charge on any atom is 0.119 e. The Bertz CT molecular complexity index is 392. The van der Waals surface area contributed by atoms with E-state index in [-0.39, 0.29) is 18.6 Å². The molecule has 0 aromatic heterocycles. The molecule has 1 saturated carbocycles. The Kier molecular flexibility index (Phi) is 5.05. The summed E-state index contributed by atoms with van der Waals surface area (Å²) in [5.41, 5.74) is 0.0662. The summed E-state index contributed by atoms with van der Waals surface area (Å²) < 4.78 is 5.45. The molecule has 0 spiro atoms. The summed E-state index contributed by atoms with van der Waals surface area (Å²) in [5.74, 6) is 0.692. The van der Waals surface area contributed by atoms with Gasteiger partial charge in [-0.25, -0.2) is 0 Å². The van der Waals surface area contributed by atoms with E-state index >= 15 is 0 Å². The number of aliphatic hydroxyl groups excluding tert-OH is 2. The molecule has 1 fully saturated rings. The van der Waals surface area contributed by atoms with Crippen LogP contribution >= 0.6 is 11.6 Å². The van der Waals surface area contributed by atoms with Gasteiger partial charge in [0.25, 0.3) is 0 Å². The van der Waals surface area contributed by atoms with Crippen LogP contribution in [0.1, 0.15) is 12.8 Å². The van der Waals surface area contributed by atoms with Crippen molar-refractivity contribution in [3.05, 3.63) is 29.3 Å². The van der Waals surface area contributed by atoms with Gasteiger partial charge in [0.05, 0.1) is 0 Å². The first-order valence-corrected chi connectivity index (χ1v) is 6.89. The average molecular weight is 286 g/mol. The second kappa shape index (κ2) is 6.57. The number of hydrogen-bond acceptors (Lipinski definition) is 4. The van der Waals surface area contributed by atoms with Gasteiger partial charge in [-0.2, -0.15) is 0 Å². The van der Waals surface area contributed by atoms with E-state index in [4.69, 9.17) is 21.4 Å². The summed E-state index contributed by atoms with van der Waals surface area (Å²) in [7, 11) is 0. The van der Waals surface area contributed by atoms with Gasteiger partial charge < -0.3 is 20.3 Å². The highest BCUT2D eigenvalue weighted by atomic mass is 35.5. The van der Waals surface area contributed by atoms with E-state index in [9.17, 15) is 5.11 Å². The van der Waals surface area contributed by atoms with Gasteiger partial charge in [-0.1, -0.05) is 11.6 Å². The number of halogens is 1. The topological polar surface area (TPSA) is 61.7 Å². The summed E-state index contributed by atoms with van der Waals surface area (Å²) in [6.07, 6.45) is 1.56. The second-order valence-corrected chi connectivity index (χ2v) is 5.64. The van der Waals surface area contributed by atoms with Crippen molar-refractivity contribution >= 4 is 11.6 Å². The average Bonchev–Trinajstić information content (AvgIpc) is 3.19. The lowest BCUT2D eigenvalue weighted by atomic mass is 10.1. The first kappa shape index (κ1) is 14.6. The number of ether oxygens (including phenoxy) is 1. The van der Waals surface area contributed by atoms with Crippen molar-refractivity contribution in [1.29, 1.82) is 0 Å². The monoisotopic (exact) mass is 285 g/mol. The molecule has 1 aromatic carbocycles.